The van der Waals surface area contributed by atoms with Crippen molar-refractivity contribution in [1.29, 1.82) is 0 Å². The van der Waals surface area contributed by atoms with Crippen LogP contribution in [-0.2, 0) is 0 Å². The molecule has 0 unspecified atom stereocenters. The van der Waals surface area contributed by atoms with E-state index < -0.39 is 0 Å². The molecule has 0 aliphatic heterocycles. The molecule has 0 aliphatic carbocycles. The van der Waals surface area contributed by atoms with Crippen molar-refractivity contribution < 1.29 is 0 Å². The van der Waals surface area contributed by atoms with Crippen LogP contribution >= 0.6 is 11.3 Å². The van der Waals surface area contributed by atoms with Crippen LogP contribution in [-0.4, -0.2) is 9.97 Å². The fourth-order valence-corrected chi connectivity index (χ4v) is 5.90. The third kappa shape index (κ3) is 3.49. The molecule has 2 heterocycles. The summed E-state index contributed by atoms with van der Waals surface area (Å²) in [7, 11) is 0. The van der Waals surface area contributed by atoms with E-state index in [1.54, 1.807) is 11.3 Å². The Morgan fingerprint density at radius 1 is 0.486 bits per heavy atom. The van der Waals surface area contributed by atoms with Gasteiger partial charge in [0.2, 0.25) is 0 Å². The summed E-state index contributed by atoms with van der Waals surface area (Å²) in [6, 6.07) is 42.5. The van der Waals surface area contributed by atoms with Crippen LogP contribution in [0.4, 0.5) is 0 Å². The van der Waals surface area contributed by atoms with Crippen molar-refractivity contribution in [2.24, 2.45) is 0 Å². The molecule has 0 atom stereocenters. The fourth-order valence-electron chi connectivity index (χ4n) is 4.72. The lowest BCUT2D eigenvalue weighted by molar-refractivity contribution is 1.24. The highest BCUT2D eigenvalue weighted by atomic mass is 32.1. The first-order valence-corrected chi connectivity index (χ1v) is 12.5. The first-order valence-electron chi connectivity index (χ1n) is 11.7. The van der Waals surface area contributed by atoms with Crippen LogP contribution in [0.25, 0.3) is 64.8 Å². The normalized spacial score (nSPS) is 11.4. The Hall–Kier alpha value is -4.34. The number of rotatable bonds is 3. The minimum absolute atomic E-state index is 0.752. The van der Waals surface area contributed by atoms with E-state index in [2.05, 4.69) is 109 Å². The standard InChI is InChI=1S/C32H20N2S/c1-3-10-21(11-4-1)23-16-9-17-26(18-23)32-33-29(22-12-5-2-6-13-22)31-30(34-32)27-19-24-14-7-8-15-25(24)20-28(27)35-31/h1-20H. The fraction of sp³-hybridized carbons (Fsp3) is 0. The van der Waals surface area contributed by atoms with Crippen LogP contribution in [0.1, 0.15) is 0 Å². The topological polar surface area (TPSA) is 25.8 Å². The van der Waals surface area contributed by atoms with Crippen LogP contribution in [0.5, 0.6) is 0 Å². The van der Waals surface area contributed by atoms with Crippen LogP contribution in [0.3, 0.4) is 0 Å². The summed E-state index contributed by atoms with van der Waals surface area (Å²) in [6.07, 6.45) is 0. The maximum absolute atomic E-state index is 5.16. The molecule has 35 heavy (non-hydrogen) atoms. The molecule has 0 bridgehead atoms. The van der Waals surface area contributed by atoms with E-state index >= 15 is 0 Å². The van der Waals surface area contributed by atoms with Gasteiger partial charge in [-0.15, -0.1) is 11.3 Å². The number of thiophene rings is 1. The molecule has 0 saturated heterocycles. The van der Waals surface area contributed by atoms with Gasteiger partial charge in [-0.2, -0.15) is 0 Å². The van der Waals surface area contributed by atoms with Gasteiger partial charge in [0, 0.05) is 21.2 Å². The molecule has 0 fully saturated rings. The summed E-state index contributed by atoms with van der Waals surface area (Å²) < 4.78 is 2.37. The first kappa shape index (κ1) is 20.1. The number of benzene rings is 5. The van der Waals surface area contributed by atoms with Crippen molar-refractivity contribution in [3.05, 3.63) is 121 Å². The van der Waals surface area contributed by atoms with E-state index in [4.69, 9.17) is 9.97 Å². The van der Waals surface area contributed by atoms with Crippen molar-refractivity contribution in [3.63, 3.8) is 0 Å². The maximum Gasteiger partial charge on any atom is 0.160 e. The van der Waals surface area contributed by atoms with Gasteiger partial charge in [0.15, 0.2) is 5.82 Å². The van der Waals surface area contributed by atoms with Crippen LogP contribution in [0, 0.1) is 0 Å². The molecule has 3 heteroatoms. The molecular weight excluding hydrogens is 444 g/mol. The van der Waals surface area contributed by atoms with E-state index in [-0.39, 0.29) is 0 Å². The highest BCUT2D eigenvalue weighted by molar-refractivity contribution is 7.26. The third-order valence-electron chi connectivity index (χ3n) is 6.46. The number of nitrogens with zero attached hydrogens (tertiary/aromatic N) is 2. The Kier molecular flexibility index (Phi) is 4.68. The molecule has 7 aromatic rings. The lowest BCUT2D eigenvalue weighted by Gasteiger charge is -2.09. The minimum Gasteiger partial charge on any atom is -0.226 e. The molecule has 0 saturated carbocycles. The maximum atomic E-state index is 5.16. The molecule has 0 N–H and O–H groups in total. The SMILES string of the molecule is c1ccc(-c2cccc(-c3nc(-c4ccccc4)c4sc5cc6ccccc6cc5c4n3)c2)cc1. The molecule has 2 aromatic heterocycles. The average Bonchev–Trinajstić information content (AvgIpc) is 3.29. The smallest absolute Gasteiger partial charge is 0.160 e. The van der Waals surface area contributed by atoms with Gasteiger partial charge in [-0.05, 0) is 40.1 Å². The zero-order chi connectivity index (χ0) is 23.2. The number of fused-ring (bicyclic) bond motifs is 4. The predicted octanol–water partition coefficient (Wildman–Crippen LogP) is 9.00. The van der Waals surface area contributed by atoms with E-state index in [1.165, 1.54) is 26.4 Å². The van der Waals surface area contributed by atoms with Gasteiger partial charge < -0.3 is 0 Å². The van der Waals surface area contributed by atoms with Gasteiger partial charge in [0.05, 0.1) is 15.9 Å². The summed E-state index contributed by atoms with van der Waals surface area (Å²) >= 11 is 1.78. The number of hydrogen-bond donors (Lipinski definition) is 0. The Labute approximate surface area is 207 Å². The van der Waals surface area contributed by atoms with Gasteiger partial charge in [0.25, 0.3) is 0 Å². The van der Waals surface area contributed by atoms with Crippen molar-refractivity contribution in [3.8, 4) is 33.8 Å². The average molecular weight is 465 g/mol. The Balaban J connectivity index is 1.52. The molecule has 5 aromatic carbocycles. The predicted molar refractivity (Wildman–Crippen MR) is 149 cm³/mol. The summed E-state index contributed by atoms with van der Waals surface area (Å²) in [5.41, 5.74) is 6.48. The number of hydrogen-bond acceptors (Lipinski definition) is 3. The third-order valence-corrected chi connectivity index (χ3v) is 7.60. The van der Waals surface area contributed by atoms with E-state index in [1.807, 2.05) is 12.1 Å². The zero-order valence-electron chi connectivity index (χ0n) is 18.8. The van der Waals surface area contributed by atoms with Crippen molar-refractivity contribution >= 4 is 42.4 Å². The largest absolute Gasteiger partial charge is 0.226 e. The minimum atomic E-state index is 0.752. The van der Waals surface area contributed by atoms with Gasteiger partial charge in [0.1, 0.15) is 0 Å². The first-order chi connectivity index (χ1) is 17.3. The van der Waals surface area contributed by atoms with E-state index in [0.29, 0.717) is 0 Å². The van der Waals surface area contributed by atoms with Crippen molar-refractivity contribution in [2.45, 2.75) is 0 Å². The zero-order valence-corrected chi connectivity index (χ0v) is 19.7. The highest BCUT2D eigenvalue weighted by Gasteiger charge is 2.17. The highest BCUT2D eigenvalue weighted by Crippen LogP contribution is 2.41. The second kappa shape index (κ2) is 8.15. The van der Waals surface area contributed by atoms with Crippen LogP contribution < -0.4 is 0 Å². The Morgan fingerprint density at radius 3 is 1.89 bits per heavy atom. The molecule has 0 amide bonds. The van der Waals surface area contributed by atoms with Gasteiger partial charge in [-0.25, -0.2) is 9.97 Å². The van der Waals surface area contributed by atoms with E-state index in [0.717, 1.165) is 38.4 Å². The second-order valence-corrected chi connectivity index (χ2v) is 9.74. The van der Waals surface area contributed by atoms with E-state index in [9.17, 15) is 0 Å². The van der Waals surface area contributed by atoms with Crippen LogP contribution in [0.15, 0.2) is 121 Å². The molecule has 0 aliphatic rings. The second-order valence-electron chi connectivity index (χ2n) is 8.68. The molecule has 0 radical (unpaired) electrons. The lowest BCUT2D eigenvalue weighted by atomic mass is 10.0. The summed E-state index contributed by atoms with van der Waals surface area (Å²) in [5.74, 6) is 0.752. The summed E-state index contributed by atoms with van der Waals surface area (Å²) in [6.45, 7) is 0. The van der Waals surface area contributed by atoms with Gasteiger partial charge in [-0.3, -0.25) is 0 Å². The summed E-state index contributed by atoms with van der Waals surface area (Å²) in [4.78, 5) is 10.3. The van der Waals surface area contributed by atoms with Crippen LogP contribution in [0.2, 0.25) is 0 Å². The Morgan fingerprint density at radius 2 is 1.11 bits per heavy atom. The number of aromatic nitrogens is 2. The molecule has 164 valence electrons. The summed E-state index contributed by atoms with van der Waals surface area (Å²) in [5, 5.41) is 3.66. The van der Waals surface area contributed by atoms with Gasteiger partial charge in [-0.1, -0.05) is 103 Å². The lowest BCUT2D eigenvalue weighted by Crippen LogP contribution is -1.94. The quantitative estimate of drug-likeness (QED) is 0.261. The molecular formula is C32H20N2S. The van der Waals surface area contributed by atoms with Crippen molar-refractivity contribution in [1.82, 2.24) is 9.97 Å². The van der Waals surface area contributed by atoms with Gasteiger partial charge >= 0.3 is 0 Å². The molecule has 0 spiro atoms. The molecule has 2 nitrogen and oxygen atoms in total. The van der Waals surface area contributed by atoms with Crippen molar-refractivity contribution in [2.75, 3.05) is 0 Å². The monoisotopic (exact) mass is 464 g/mol. The molecule has 7 rings (SSSR count). The Bertz CT molecular complexity index is 1840.